The minimum Gasteiger partial charge on any atom is -0.396 e. The first-order chi connectivity index (χ1) is 13.3. The minimum absolute atomic E-state index is 0.0746. The summed E-state index contributed by atoms with van der Waals surface area (Å²) in [5.74, 6) is 0. The van der Waals surface area contributed by atoms with Crippen LogP contribution in [-0.2, 0) is 9.47 Å². The summed E-state index contributed by atoms with van der Waals surface area (Å²) in [5.41, 5.74) is 0.457. The monoisotopic (exact) mass is 422 g/mol. The van der Waals surface area contributed by atoms with Gasteiger partial charge in [0.1, 0.15) is 54.9 Å². The number of ether oxygens (including phenoxy) is 2. The Kier molecular flexibility index (Phi) is 7.05. The molecule has 2 saturated heterocycles. The quantitative estimate of drug-likeness (QED) is 0.246. The van der Waals surface area contributed by atoms with Gasteiger partial charge >= 0.3 is 0 Å². The van der Waals surface area contributed by atoms with E-state index in [9.17, 15) is 35.7 Å². The van der Waals surface area contributed by atoms with Crippen molar-refractivity contribution in [2.45, 2.75) is 67.5 Å². The minimum atomic E-state index is -1.51. The van der Waals surface area contributed by atoms with Gasteiger partial charge in [0.15, 0.2) is 0 Å². The Balaban J connectivity index is 1.81. The number of hydrogen-bond donors (Lipinski definition) is 8. The van der Waals surface area contributed by atoms with Crippen LogP contribution in [-0.4, -0.2) is 103 Å². The molecule has 2 aliphatic heterocycles. The highest BCUT2D eigenvalue weighted by molar-refractivity contribution is 7.10. The lowest BCUT2D eigenvalue weighted by atomic mass is 9.90. The van der Waals surface area contributed by atoms with Gasteiger partial charge in [-0.25, -0.2) is 0 Å². The Labute approximate surface area is 164 Å². The van der Waals surface area contributed by atoms with E-state index in [1.54, 1.807) is 11.4 Å². The first-order valence-corrected chi connectivity index (χ1v) is 9.87. The van der Waals surface area contributed by atoms with Crippen LogP contribution < -0.4 is 0 Å². The van der Waals surface area contributed by atoms with Crippen LogP contribution in [0.3, 0.4) is 0 Å². The van der Waals surface area contributed by atoms with Crippen molar-refractivity contribution in [3.8, 4) is 0 Å². The fraction of sp³-hybridized carbons (Fsp3) is 0.765. The largest absolute Gasteiger partial charge is 0.396 e. The van der Waals surface area contributed by atoms with Crippen LogP contribution in [0.5, 0.6) is 0 Å². The van der Waals surface area contributed by atoms with E-state index >= 15 is 0 Å². The third-order valence-corrected chi connectivity index (χ3v) is 6.28. The average Bonchev–Trinajstić information content (AvgIpc) is 3.16. The second kappa shape index (κ2) is 8.98. The Morgan fingerprint density at radius 3 is 1.93 bits per heavy atom. The van der Waals surface area contributed by atoms with Gasteiger partial charge in [-0.05, 0) is 23.4 Å². The lowest BCUT2D eigenvalue weighted by molar-refractivity contribution is -0.231. The SMILES string of the molecule is OCC[C@H]1O[C@H](c2csc([C@H]3O[C@H](CO)[C@@H](O)[C@H](O)[C@@H]3O)c2)[C@@H](O)[C@@H](O)[C@@H]1O. The first kappa shape index (κ1) is 22.0. The van der Waals surface area contributed by atoms with Crippen LogP contribution in [0, 0.1) is 0 Å². The molecule has 8 N–H and O–H groups in total. The zero-order valence-corrected chi connectivity index (χ0v) is 15.7. The Morgan fingerprint density at radius 2 is 1.32 bits per heavy atom. The van der Waals surface area contributed by atoms with Crippen molar-refractivity contribution in [3.63, 3.8) is 0 Å². The molecular formula is C17H26O10S. The highest BCUT2D eigenvalue weighted by Gasteiger charge is 2.46. The van der Waals surface area contributed by atoms with E-state index in [1.807, 2.05) is 0 Å². The molecule has 2 fully saturated rings. The fourth-order valence-corrected chi connectivity index (χ4v) is 4.60. The van der Waals surface area contributed by atoms with Crippen LogP contribution >= 0.6 is 11.3 Å². The molecule has 0 aliphatic carbocycles. The van der Waals surface area contributed by atoms with E-state index < -0.39 is 67.6 Å². The fourth-order valence-electron chi connectivity index (χ4n) is 3.60. The molecule has 0 spiro atoms. The third kappa shape index (κ3) is 3.98. The Bertz CT molecular complexity index is 639. The molecule has 0 radical (unpaired) electrons. The van der Waals surface area contributed by atoms with Gasteiger partial charge in [0, 0.05) is 11.5 Å². The first-order valence-electron chi connectivity index (χ1n) is 8.99. The molecule has 1 aromatic heterocycles. The predicted octanol–water partition coefficient (Wildman–Crippen LogP) is -2.83. The summed E-state index contributed by atoms with van der Waals surface area (Å²) in [6.07, 6.45) is -12.5. The van der Waals surface area contributed by atoms with Crippen molar-refractivity contribution in [2.24, 2.45) is 0 Å². The molecule has 10 nitrogen and oxygen atoms in total. The second-order valence-electron chi connectivity index (χ2n) is 7.11. The number of aliphatic hydroxyl groups is 8. The molecule has 0 amide bonds. The summed E-state index contributed by atoms with van der Waals surface area (Å²) >= 11 is 1.14. The smallest absolute Gasteiger partial charge is 0.121 e. The maximum absolute atomic E-state index is 10.3. The van der Waals surface area contributed by atoms with E-state index in [0.29, 0.717) is 10.4 Å². The maximum atomic E-state index is 10.3. The number of rotatable bonds is 5. The highest BCUT2D eigenvalue weighted by atomic mass is 32.1. The van der Waals surface area contributed by atoms with Gasteiger partial charge in [-0.2, -0.15) is 0 Å². The molecule has 1 aromatic rings. The Morgan fingerprint density at radius 1 is 0.750 bits per heavy atom. The summed E-state index contributed by atoms with van der Waals surface area (Å²) in [4.78, 5) is 0.460. The molecule has 28 heavy (non-hydrogen) atoms. The molecule has 11 heteroatoms. The normalized spacial score (nSPS) is 44.6. The lowest BCUT2D eigenvalue weighted by Gasteiger charge is -2.40. The van der Waals surface area contributed by atoms with E-state index in [4.69, 9.17) is 14.6 Å². The van der Waals surface area contributed by atoms with Crippen LogP contribution in [0.4, 0.5) is 0 Å². The highest BCUT2D eigenvalue weighted by Crippen LogP contribution is 2.40. The van der Waals surface area contributed by atoms with E-state index in [-0.39, 0.29) is 13.0 Å². The van der Waals surface area contributed by atoms with Crippen molar-refractivity contribution < 1.29 is 50.3 Å². The van der Waals surface area contributed by atoms with Crippen LogP contribution in [0.15, 0.2) is 11.4 Å². The molecule has 2 aliphatic rings. The van der Waals surface area contributed by atoms with Gasteiger partial charge in [0.2, 0.25) is 0 Å². The molecule has 3 heterocycles. The van der Waals surface area contributed by atoms with Crippen molar-refractivity contribution in [2.75, 3.05) is 13.2 Å². The van der Waals surface area contributed by atoms with Gasteiger partial charge in [-0.1, -0.05) is 0 Å². The van der Waals surface area contributed by atoms with Gasteiger partial charge in [0.25, 0.3) is 0 Å². The maximum Gasteiger partial charge on any atom is 0.121 e. The summed E-state index contributed by atoms with van der Waals surface area (Å²) in [6.45, 7) is -0.811. The molecule has 0 bridgehead atoms. The van der Waals surface area contributed by atoms with Crippen LogP contribution in [0.1, 0.15) is 29.1 Å². The van der Waals surface area contributed by atoms with Crippen molar-refractivity contribution in [3.05, 3.63) is 21.9 Å². The second-order valence-corrected chi connectivity index (χ2v) is 8.05. The lowest BCUT2D eigenvalue weighted by Crippen LogP contribution is -2.55. The summed E-state index contributed by atoms with van der Waals surface area (Å²) in [6, 6.07) is 1.56. The van der Waals surface area contributed by atoms with Gasteiger partial charge in [0.05, 0.1) is 12.7 Å². The van der Waals surface area contributed by atoms with Crippen molar-refractivity contribution in [1.82, 2.24) is 0 Å². The van der Waals surface area contributed by atoms with Crippen LogP contribution in [0.2, 0.25) is 0 Å². The standard InChI is InChI=1S/C17H26O10S/c18-2-1-7-10(20)12(22)14(24)16(26-7)6-3-9(28-5-6)17-15(25)13(23)11(21)8(4-19)27-17/h3,5,7-8,10-25H,1-2,4H2/t7-,8-,10-,11-,12+,13+,14+,15+,16-,17-/m1/s1. The molecule has 0 saturated carbocycles. The molecular weight excluding hydrogens is 396 g/mol. The molecule has 0 unspecified atom stereocenters. The average molecular weight is 422 g/mol. The number of hydrogen-bond acceptors (Lipinski definition) is 11. The van der Waals surface area contributed by atoms with E-state index in [1.165, 1.54) is 0 Å². The van der Waals surface area contributed by atoms with Gasteiger partial charge in [-0.15, -0.1) is 11.3 Å². The zero-order chi connectivity index (χ0) is 20.6. The third-order valence-electron chi connectivity index (χ3n) is 5.27. The molecule has 3 rings (SSSR count). The number of aliphatic hydroxyl groups excluding tert-OH is 8. The predicted molar refractivity (Wildman–Crippen MR) is 94.4 cm³/mol. The van der Waals surface area contributed by atoms with Crippen LogP contribution in [0.25, 0.3) is 0 Å². The summed E-state index contributed by atoms with van der Waals surface area (Å²) in [7, 11) is 0. The molecule has 0 aromatic carbocycles. The van der Waals surface area contributed by atoms with Gasteiger partial charge < -0.3 is 50.3 Å². The van der Waals surface area contributed by atoms with Crippen molar-refractivity contribution >= 4 is 11.3 Å². The molecule has 10 atom stereocenters. The number of thiophene rings is 1. The van der Waals surface area contributed by atoms with E-state index in [2.05, 4.69) is 0 Å². The zero-order valence-electron chi connectivity index (χ0n) is 14.9. The summed E-state index contributed by atoms with van der Waals surface area (Å²) in [5, 5.41) is 80.5. The van der Waals surface area contributed by atoms with E-state index in [0.717, 1.165) is 11.3 Å². The topological polar surface area (TPSA) is 180 Å². The molecule has 160 valence electrons. The summed E-state index contributed by atoms with van der Waals surface area (Å²) < 4.78 is 11.2. The Hall–Kier alpha value is -0.700. The van der Waals surface area contributed by atoms with Gasteiger partial charge in [-0.3, -0.25) is 0 Å². The van der Waals surface area contributed by atoms with Crippen molar-refractivity contribution in [1.29, 1.82) is 0 Å².